The summed E-state index contributed by atoms with van der Waals surface area (Å²) >= 11 is 0. The second-order valence-corrected chi connectivity index (χ2v) is 8.99. The Balaban J connectivity index is 1.52. The zero-order valence-electron chi connectivity index (χ0n) is 19.6. The molecule has 180 valence electrons. The Hall–Kier alpha value is -3.87. The summed E-state index contributed by atoms with van der Waals surface area (Å²) in [4.78, 5) is 33.5. The number of nitrogens with one attached hydrogen (secondary N) is 1. The number of benzene rings is 2. The maximum Gasteiger partial charge on any atom is 0.273 e. The van der Waals surface area contributed by atoms with Crippen molar-refractivity contribution in [3.63, 3.8) is 0 Å². The van der Waals surface area contributed by atoms with Crippen LogP contribution in [0.1, 0.15) is 59.8 Å². The number of aromatic nitrogens is 1. The molecule has 0 bridgehead atoms. The van der Waals surface area contributed by atoms with Crippen LogP contribution in [0.2, 0.25) is 0 Å². The highest BCUT2D eigenvalue weighted by Crippen LogP contribution is 2.34. The monoisotopic (exact) mass is 471 g/mol. The number of carbonyl (C=O) groups is 2. The van der Waals surface area contributed by atoms with Crippen LogP contribution < -0.4 is 14.8 Å². The molecule has 1 N–H and O–H groups in total. The minimum atomic E-state index is -0.807. The molecule has 1 aliphatic heterocycles. The third-order valence-electron chi connectivity index (χ3n) is 6.56. The van der Waals surface area contributed by atoms with Crippen molar-refractivity contribution in [2.75, 3.05) is 6.79 Å². The van der Waals surface area contributed by atoms with Crippen LogP contribution in [-0.4, -0.2) is 34.5 Å². The molecule has 0 spiro atoms. The quantitative estimate of drug-likeness (QED) is 0.543. The average molecular weight is 472 g/mol. The molecule has 1 aromatic heterocycles. The predicted molar refractivity (Wildman–Crippen MR) is 131 cm³/mol. The molecule has 35 heavy (non-hydrogen) atoms. The van der Waals surface area contributed by atoms with Crippen molar-refractivity contribution in [1.82, 2.24) is 15.2 Å². The zero-order chi connectivity index (χ0) is 24.0. The minimum Gasteiger partial charge on any atom is -0.454 e. The van der Waals surface area contributed by atoms with Gasteiger partial charge < -0.3 is 19.7 Å². The molecule has 2 aliphatic rings. The Bertz CT molecular complexity index is 1160. The van der Waals surface area contributed by atoms with Gasteiger partial charge >= 0.3 is 0 Å². The van der Waals surface area contributed by atoms with Gasteiger partial charge in [0, 0.05) is 18.8 Å². The first-order valence-corrected chi connectivity index (χ1v) is 12.1. The van der Waals surface area contributed by atoms with Crippen molar-refractivity contribution in [1.29, 1.82) is 0 Å². The van der Waals surface area contributed by atoms with E-state index < -0.39 is 6.04 Å². The third kappa shape index (κ3) is 5.29. The lowest BCUT2D eigenvalue weighted by molar-refractivity contribution is -0.127. The molecule has 2 amide bonds. The second-order valence-electron chi connectivity index (χ2n) is 8.99. The fraction of sp³-hybridized carbons (Fsp3) is 0.321. The number of ether oxygens (including phenoxy) is 2. The van der Waals surface area contributed by atoms with Gasteiger partial charge in [0.25, 0.3) is 5.91 Å². The first-order chi connectivity index (χ1) is 17.2. The first kappa shape index (κ1) is 22.9. The summed E-state index contributed by atoms with van der Waals surface area (Å²) in [6.45, 7) is 0.384. The molecule has 2 heterocycles. The van der Waals surface area contributed by atoms with Crippen LogP contribution >= 0.6 is 0 Å². The molecule has 1 atom stereocenters. The van der Waals surface area contributed by atoms with Gasteiger partial charge in [-0.1, -0.05) is 61.7 Å². The van der Waals surface area contributed by atoms with Crippen LogP contribution in [-0.2, 0) is 11.3 Å². The Morgan fingerprint density at radius 3 is 2.49 bits per heavy atom. The fourth-order valence-corrected chi connectivity index (χ4v) is 4.79. The van der Waals surface area contributed by atoms with E-state index in [0.29, 0.717) is 17.2 Å². The molecule has 1 unspecified atom stereocenters. The van der Waals surface area contributed by atoms with Crippen molar-refractivity contribution in [2.45, 2.75) is 50.7 Å². The maximum absolute atomic E-state index is 13.8. The number of amides is 2. The summed E-state index contributed by atoms with van der Waals surface area (Å²) in [5.41, 5.74) is 1.88. The molecule has 1 aliphatic carbocycles. The number of rotatable bonds is 7. The largest absolute Gasteiger partial charge is 0.454 e. The number of fused-ring (bicyclic) bond motifs is 1. The maximum atomic E-state index is 13.8. The molecular formula is C28H29N3O4. The molecule has 3 aromatic rings. The SMILES string of the molecule is O=C(NC1CCCCC1)C(c1ccccc1)N(Cc1ccc2c(c1)OCO2)C(=O)c1ccccn1. The minimum absolute atomic E-state index is 0.125. The van der Waals surface area contributed by atoms with Crippen molar-refractivity contribution >= 4 is 11.8 Å². The molecule has 0 saturated heterocycles. The van der Waals surface area contributed by atoms with Crippen LogP contribution in [0.4, 0.5) is 0 Å². The van der Waals surface area contributed by atoms with E-state index >= 15 is 0 Å². The standard InChI is InChI=1S/C28H29N3O4/c32-27(30-22-11-5-2-6-12-22)26(21-9-3-1-4-10-21)31(28(33)23-13-7-8-16-29-23)18-20-14-15-24-25(17-20)35-19-34-24/h1,3-4,7-10,13-17,22,26H,2,5-6,11-12,18-19H2,(H,30,32). The summed E-state index contributed by atoms with van der Waals surface area (Å²) < 4.78 is 11.0. The Kier molecular flexibility index (Phi) is 6.93. The molecule has 1 saturated carbocycles. The van der Waals surface area contributed by atoms with Gasteiger partial charge in [-0.2, -0.15) is 0 Å². The first-order valence-electron chi connectivity index (χ1n) is 12.1. The highest BCUT2D eigenvalue weighted by Gasteiger charge is 2.34. The number of hydrogen-bond donors (Lipinski definition) is 1. The van der Waals surface area contributed by atoms with Gasteiger partial charge in [-0.3, -0.25) is 14.6 Å². The van der Waals surface area contributed by atoms with E-state index in [1.807, 2.05) is 48.5 Å². The van der Waals surface area contributed by atoms with E-state index in [2.05, 4.69) is 10.3 Å². The van der Waals surface area contributed by atoms with E-state index in [9.17, 15) is 9.59 Å². The third-order valence-corrected chi connectivity index (χ3v) is 6.56. The van der Waals surface area contributed by atoms with Crippen molar-refractivity contribution in [2.24, 2.45) is 0 Å². The van der Waals surface area contributed by atoms with Gasteiger partial charge in [0.15, 0.2) is 11.5 Å². The molecule has 2 aromatic carbocycles. The van der Waals surface area contributed by atoms with E-state index in [1.165, 1.54) is 6.42 Å². The summed E-state index contributed by atoms with van der Waals surface area (Å²) in [6.07, 6.45) is 6.92. The van der Waals surface area contributed by atoms with Crippen molar-refractivity contribution in [3.8, 4) is 11.5 Å². The van der Waals surface area contributed by atoms with E-state index in [1.54, 1.807) is 29.3 Å². The molecule has 7 heteroatoms. The van der Waals surface area contributed by atoms with Gasteiger partial charge in [0.2, 0.25) is 12.7 Å². The number of nitrogens with zero attached hydrogens (tertiary/aromatic N) is 2. The van der Waals surface area contributed by atoms with Gasteiger partial charge in [0.1, 0.15) is 11.7 Å². The zero-order valence-corrected chi connectivity index (χ0v) is 19.6. The highest BCUT2D eigenvalue weighted by atomic mass is 16.7. The lowest BCUT2D eigenvalue weighted by atomic mass is 9.94. The molecule has 1 fully saturated rings. The van der Waals surface area contributed by atoms with Crippen LogP contribution in [0.25, 0.3) is 0 Å². The van der Waals surface area contributed by atoms with Crippen LogP contribution in [0.15, 0.2) is 72.9 Å². The lowest BCUT2D eigenvalue weighted by Crippen LogP contribution is -2.47. The second kappa shape index (κ2) is 10.6. The fourth-order valence-electron chi connectivity index (χ4n) is 4.79. The van der Waals surface area contributed by atoms with E-state index in [4.69, 9.17) is 9.47 Å². The number of carbonyl (C=O) groups excluding carboxylic acids is 2. The lowest BCUT2D eigenvalue weighted by Gasteiger charge is -2.33. The topological polar surface area (TPSA) is 80.8 Å². The molecule has 5 rings (SSSR count). The predicted octanol–water partition coefficient (Wildman–Crippen LogP) is 4.64. The normalized spacial score (nSPS) is 15.9. The summed E-state index contributed by atoms with van der Waals surface area (Å²) in [5.74, 6) is 0.825. The Morgan fingerprint density at radius 1 is 0.943 bits per heavy atom. The van der Waals surface area contributed by atoms with Crippen LogP contribution in [0, 0.1) is 0 Å². The van der Waals surface area contributed by atoms with Crippen molar-refractivity contribution < 1.29 is 19.1 Å². The number of hydrogen-bond acceptors (Lipinski definition) is 5. The van der Waals surface area contributed by atoms with Crippen LogP contribution in [0.3, 0.4) is 0 Å². The van der Waals surface area contributed by atoms with Crippen molar-refractivity contribution in [3.05, 3.63) is 89.7 Å². The summed E-state index contributed by atoms with van der Waals surface area (Å²) in [7, 11) is 0. The van der Waals surface area contributed by atoms with E-state index in [-0.39, 0.29) is 31.2 Å². The number of pyridine rings is 1. The van der Waals surface area contributed by atoms with E-state index in [0.717, 1.165) is 36.8 Å². The van der Waals surface area contributed by atoms with Gasteiger partial charge in [-0.05, 0) is 48.2 Å². The Labute approximate surface area is 205 Å². The molecule has 0 radical (unpaired) electrons. The summed E-state index contributed by atoms with van der Waals surface area (Å²) in [5, 5.41) is 3.23. The van der Waals surface area contributed by atoms with Gasteiger partial charge in [-0.25, -0.2) is 0 Å². The summed E-state index contributed by atoms with van der Waals surface area (Å²) in [6, 6.07) is 19.6. The highest BCUT2D eigenvalue weighted by molar-refractivity contribution is 5.96. The van der Waals surface area contributed by atoms with Crippen LogP contribution in [0.5, 0.6) is 11.5 Å². The van der Waals surface area contributed by atoms with Gasteiger partial charge in [-0.15, -0.1) is 0 Å². The van der Waals surface area contributed by atoms with Gasteiger partial charge in [0.05, 0.1) is 0 Å². The molecular weight excluding hydrogens is 442 g/mol. The Morgan fingerprint density at radius 2 is 1.71 bits per heavy atom. The molecule has 7 nitrogen and oxygen atoms in total. The average Bonchev–Trinajstić information content (AvgIpc) is 3.38. The smallest absolute Gasteiger partial charge is 0.273 e.